The second-order valence-electron chi connectivity index (χ2n) is 4.52. The van der Waals surface area contributed by atoms with Gasteiger partial charge in [0.2, 0.25) is 0 Å². The second kappa shape index (κ2) is 7.45. The summed E-state index contributed by atoms with van der Waals surface area (Å²) < 4.78 is 7.28. The molecule has 17 heavy (non-hydrogen) atoms. The summed E-state index contributed by atoms with van der Waals surface area (Å²) in [5.41, 5.74) is 0. The first kappa shape index (κ1) is 14.2. The summed E-state index contributed by atoms with van der Waals surface area (Å²) in [5, 5.41) is 9.95. The Labute approximate surface area is 104 Å². The van der Waals surface area contributed by atoms with E-state index in [-0.39, 0.29) is 12.2 Å². The summed E-state index contributed by atoms with van der Waals surface area (Å²) in [6, 6.07) is 0. The molecular weight excluding hydrogens is 216 g/mol. The normalized spacial score (nSPS) is 14.8. The smallest absolute Gasteiger partial charge is 0.111 e. The van der Waals surface area contributed by atoms with E-state index < -0.39 is 0 Å². The molecule has 0 radical (unpaired) electrons. The van der Waals surface area contributed by atoms with Crippen molar-refractivity contribution >= 4 is 0 Å². The number of aryl methyl sites for hydroxylation is 1. The summed E-state index contributed by atoms with van der Waals surface area (Å²) >= 11 is 0. The van der Waals surface area contributed by atoms with Gasteiger partial charge in [-0.2, -0.15) is 0 Å². The molecular formula is C13H24N2O2. The Morgan fingerprint density at radius 2 is 2.24 bits per heavy atom. The number of imidazole rings is 1. The van der Waals surface area contributed by atoms with Crippen molar-refractivity contribution in [1.29, 1.82) is 0 Å². The Kier molecular flexibility index (Phi) is 6.22. The molecule has 4 heteroatoms. The average molecular weight is 240 g/mol. The molecule has 0 aliphatic carbocycles. The maximum absolute atomic E-state index is 9.95. The Hall–Kier alpha value is -0.870. The van der Waals surface area contributed by atoms with Gasteiger partial charge in [0, 0.05) is 32.5 Å². The Bertz CT molecular complexity index is 312. The van der Waals surface area contributed by atoms with Gasteiger partial charge in [-0.25, -0.2) is 4.98 Å². The van der Waals surface area contributed by atoms with Gasteiger partial charge >= 0.3 is 0 Å². The number of nitrogens with zero attached hydrogens (tertiary/aromatic N) is 2. The average Bonchev–Trinajstić information content (AvgIpc) is 2.74. The number of methoxy groups -OCH3 is 1. The van der Waals surface area contributed by atoms with Gasteiger partial charge in [0.15, 0.2) is 0 Å². The highest BCUT2D eigenvalue weighted by molar-refractivity contribution is 4.94. The van der Waals surface area contributed by atoms with E-state index in [1.165, 1.54) is 0 Å². The lowest BCUT2D eigenvalue weighted by Crippen LogP contribution is -2.17. The fourth-order valence-corrected chi connectivity index (χ4v) is 1.83. The van der Waals surface area contributed by atoms with Crippen LogP contribution in [-0.4, -0.2) is 34.0 Å². The molecule has 1 N–H and O–H groups in total. The van der Waals surface area contributed by atoms with Crippen LogP contribution in [0.4, 0.5) is 0 Å². The molecule has 2 atom stereocenters. The zero-order valence-corrected chi connectivity index (χ0v) is 11.1. The molecule has 0 saturated heterocycles. The van der Waals surface area contributed by atoms with Crippen LogP contribution in [-0.2, 0) is 17.7 Å². The zero-order valence-electron chi connectivity index (χ0n) is 11.1. The van der Waals surface area contributed by atoms with Gasteiger partial charge in [-0.15, -0.1) is 0 Å². The van der Waals surface area contributed by atoms with E-state index in [2.05, 4.69) is 16.5 Å². The highest BCUT2D eigenvalue weighted by Gasteiger charge is 2.11. The van der Waals surface area contributed by atoms with Crippen LogP contribution in [0.15, 0.2) is 12.4 Å². The van der Waals surface area contributed by atoms with Gasteiger partial charge in [-0.3, -0.25) is 0 Å². The fourth-order valence-electron chi connectivity index (χ4n) is 1.83. The van der Waals surface area contributed by atoms with Crippen LogP contribution in [0.1, 0.15) is 38.9 Å². The van der Waals surface area contributed by atoms with Crippen molar-refractivity contribution in [2.75, 3.05) is 7.11 Å². The van der Waals surface area contributed by atoms with Crippen molar-refractivity contribution in [3.63, 3.8) is 0 Å². The standard InChI is InChI=1S/C13H24N2O2/c1-4-8-15-9-7-14-13(15)10-12(16)6-5-11(2)17-3/h7,9,11-12,16H,4-6,8,10H2,1-3H3. The first-order valence-electron chi connectivity index (χ1n) is 6.38. The molecule has 0 bridgehead atoms. The van der Waals surface area contributed by atoms with Gasteiger partial charge in [-0.1, -0.05) is 6.92 Å². The van der Waals surface area contributed by atoms with E-state index in [9.17, 15) is 5.11 Å². The number of rotatable bonds is 8. The van der Waals surface area contributed by atoms with Gasteiger partial charge in [0.1, 0.15) is 5.82 Å². The summed E-state index contributed by atoms with van der Waals surface area (Å²) in [4.78, 5) is 4.29. The van der Waals surface area contributed by atoms with E-state index in [0.717, 1.165) is 31.6 Å². The molecule has 0 saturated carbocycles. The minimum Gasteiger partial charge on any atom is -0.393 e. The van der Waals surface area contributed by atoms with Crippen molar-refractivity contribution in [3.05, 3.63) is 18.2 Å². The topological polar surface area (TPSA) is 47.3 Å². The Morgan fingerprint density at radius 3 is 2.88 bits per heavy atom. The lowest BCUT2D eigenvalue weighted by molar-refractivity contribution is 0.0843. The van der Waals surface area contributed by atoms with E-state index in [4.69, 9.17) is 4.74 Å². The lowest BCUT2D eigenvalue weighted by Gasteiger charge is -2.14. The fraction of sp³-hybridized carbons (Fsp3) is 0.769. The number of aliphatic hydroxyl groups is 1. The molecule has 1 aromatic heterocycles. The van der Waals surface area contributed by atoms with Crippen LogP contribution in [0.5, 0.6) is 0 Å². The first-order valence-corrected chi connectivity index (χ1v) is 6.38. The maximum Gasteiger partial charge on any atom is 0.111 e. The van der Waals surface area contributed by atoms with Crippen LogP contribution in [0.2, 0.25) is 0 Å². The van der Waals surface area contributed by atoms with Crippen LogP contribution >= 0.6 is 0 Å². The molecule has 0 spiro atoms. The minimum atomic E-state index is -0.328. The van der Waals surface area contributed by atoms with Crippen LogP contribution in [0, 0.1) is 0 Å². The highest BCUT2D eigenvalue weighted by atomic mass is 16.5. The molecule has 0 aromatic carbocycles. The molecule has 0 amide bonds. The van der Waals surface area contributed by atoms with Crippen molar-refractivity contribution in [2.45, 2.75) is 58.3 Å². The van der Waals surface area contributed by atoms with E-state index >= 15 is 0 Å². The molecule has 1 heterocycles. The van der Waals surface area contributed by atoms with Crippen molar-refractivity contribution in [2.24, 2.45) is 0 Å². The molecule has 98 valence electrons. The zero-order chi connectivity index (χ0) is 12.7. The van der Waals surface area contributed by atoms with Crippen LogP contribution in [0.25, 0.3) is 0 Å². The number of hydrogen-bond acceptors (Lipinski definition) is 3. The number of aromatic nitrogens is 2. The molecule has 0 aliphatic rings. The maximum atomic E-state index is 9.95. The predicted molar refractivity (Wildman–Crippen MR) is 67.9 cm³/mol. The van der Waals surface area contributed by atoms with Gasteiger partial charge in [0.25, 0.3) is 0 Å². The lowest BCUT2D eigenvalue weighted by atomic mass is 10.1. The third kappa shape index (κ3) is 4.88. The molecule has 2 unspecified atom stereocenters. The van der Waals surface area contributed by atoms with Crippen molar-refractivity contribution < 1.29 is 9.84 Å². The molecule has 1 rings (SSSR count). The third-order valence-electron chi connectivity index (χ3n) is 2.99. The van der Waals surface area contributed by atoms with E-state index in [0.29, 0.717) is 6.42 Å². The van der Waals surface area contributed by atoms with E-state index in [1.54, 1.807) is 13.3 Å². The van der Waals surface area contributed by atoms with Crippen LogP contribution < -0.4 is 0 Å². The van der Waals surface area contributed by atoms with Crippen molar-refractivity contribution in [3.8, 4) is 0 Å². The van der Waals surface area contributed by atoms with Gasteiger partial charge in [0.05, 0.1) is 12.2 Å². The summed E-state index contributed by atoms with van der Waals surface area (Å²) in [5.74, 6) is 0.976. The summed E-state index contributed by atoms with van der Waals surface area (Å²) in [6.45, 7) is 5.13. The first-order chi connectivity index (χ1) is 8.17. The summed E-state index contributed by atoms with van der Waals surface area (Å²) in [6.07, 6.45) is 7.01. The highest BCUT2D eigenvalue weighted by Crippen LogP contribution is 2.09. The number of ether oxygens (including phenoxy) is 1. The molecule has 0 fully saturated rings. The van der Waals surface area contributed by atoms with Gasteiger partial charge in [-0.05, 0) is 26.2 Å². The predicted octanol–water partition coefficient (Wildman–Crippen LogP) is 2.01. The Balaban J connectivity index is 2.39. The minimum absolute atomic E-state index is 0.208. The van der Waals surface area contributed by atoms with Crippen LogP contribution in [0.3, 0.4) is 0 Å². The second-order valence-corrected chi connectivity index (χ2v) is 4.52. The molecule has 1 aromatic rings. The van der Waals surface area contributed by atoms with E-state index in [1.807, 2.05) is 13.1 Å². The molecule has 4 nitrogen and oxygen atoms in total. The van der Waals surface area contributed by atoms with Crippen molar-refractivity contribution in [1.82, 2.24) is 9.55 Å². The monoisotopic (exact) mass is 240 g/mol. The largest absolute Gasteiger partial charge is 0.393 e. The Morgan fingerprint density at radius 1 is 1.47 bits per heavy atom. The number of aliphatic hydroxyl groups excluding tert-OH is 1. The quantitative estimate of drug-likeness (QED) is 0.756. The summed E-state index contributed by atoms with van der Waals surface area (Å²) in [7, 11) is 1.70. The molecule has 0 aliphatic heterocycles. The van der Waals surface area contributed by atoms with Gasteiger partial charge < -0.3 is 14.4 Å². The third-order valence-corrected chi connectivity index (χ3v) is 2.99. The number of hydrogen-bond donors (Lipinski definition) is 1. The SMILES string of the molecule is CCCn1ccnc1CC(O)CCC(C)OC.